The number of primary amides is 1. The fraction of sp³-hybridized carbons (Fsp3) is 0.217. The second kappa shape index (κ2) is 9.61. The molecule has 0 spiro atoms. The van der Waals surface area contributed by atoms with Crippen LogP contribution in [0.1, 0.15) is 15.9 Å². The van der Waals surface area contributed by atoms with Crippen molar-refractivity contribution in [2.45, 2.75) is 6.54 Å². The van der Waals surface area contributed by atoms with Gasteiger partial charge in [0.05, 0.1) is 24.5 Å². The quantitative estimate of drug-likeness (QED) is 0.521. The van der Waals surface area contributed by atoms with Crippen LogP contribution < -0.4 is 21.3 Å². The molecule has 0 saturated carbocycles. The molecule has 2 aromatic carbocycles. The van der Waals surface area contributed by atoms with Gasteiger partial charge in [0.1, 0.15) is 5.82 Å². The largest absolute Gasteiger partial charge is 0.380 e. The molecule has 1 fully saturated rings. The van der Waals surface area contributed by atoms with E-state index >= 15 is 0 Å². The molecular formula is C23H23F2N5O2. The lowest BCUT2D eigenvalue weighted by Crippen LogP contribution is -2.36. The Labute approximate surface area is 184 Å². The summed E-state index contributed by atoms with van der Waals surface area (Å²) in [6.07, 6.45) is 1.38. The number of rotatable bonds is 7. The van der Waals surface area contributed by atoms with Gasteiger partial charge in [-0.05, 0) is 42.0 Å². The molecule has 4 rings (SSSR count). The summed E-state index contributed by atoms with van der Waals surface area (Å²) in [4.78, 5) is 18.3. The molecule has 3 aromatic rings. The molecule has 0 radical (unpaired) electrons. The minimum atomic E-state index is -0.933. The van der Waals surface area contributed by atoms with Crippen LogP contribution in [0.5, 0.6) is 0 Å². The summed E-state index contributed by atoms with van der Waals surface area (Å²) in [7, 11) is 0. The van der Waals surface area contributed by atoms with Crippen molar-refractivity contribution in [2.24, 2.45) is 5.73 Å². The van der Waals surface area contributed by atoms with E-state index in [-0.39, 0.29) is 12.1 Å². The Morgan fingerprint density at radius 1 is 1.06 bits per heavy atom. The van der Waals surface area contributed by atoms with E-state index in [0.29, 0.717) is 17.1 Å². The van der Waals surface area contributed by atoms with Crippen molar-refractivity contribution in [3.63, 3.8) is 0 Å². The molecule has 0 unspecified atom stereocenters. The second-order valence-electron chi connectivity index (χ2n) is 7.35. The van der Waals surface area contributed by atoms with E-state index in [2.05, 4.69) is 20.5 Å². The Morgan fingerprint density at radius 2 is 1.81 bits per heavy atom. The van der Waals surface area contributed by atoms with E-state index in [1.54, 1.807) is 6.07 Å². The van der Waals surface area contributed by atoms with Gasteiger partial charge in [-0.3, -0.25) is 4.79 Å². The van der Waals surface area contributed by atoms with Crippen molar-refractivity contribution in [1.29, 1.82) is 0 Å². The van der Waals surface area contributed by atoms with Crippen molar-refractivity contribution in [2.75, 3.05) is 41.8 Å². The molecule has 166 valence electrons. The molecule has 1 aliphatic heterocycles. The summed E-state index contributed by atoms with van der Waals surface area (Å²) < 4.78 is 32.0. The molecule has 1 amide bonds. The molecule has 7 nitrogen and oxygen atoms in total. The number of nitrogens with two attached hydrogens (primary N) is 1. The maximum absolute atomic E-state index is 13.5. The number of hydrogen-bond acceptors (Lipinski definition) is 6. The van der Waals surface area contributed by atoms with E-state index in [0.717, 1.165) is 49.8 Å². The lowest BCUT2D eigenvalue weighted by Gasteiger charge is -2.28. The Bertz CT molecular complexity index is 1100. The number of aromatic nitrogens is 1. The van der Waals surface area contributed by atoms with E-state index < -0.39 is 17.5 Å². The van der Waals surface area contributed by atoms with Gasteiger partial charge in [-0.1, -0.05) is 6.07 Å². The third kappa shape index (κ3) is 5.12. The number of nitrogens with zero attached hydrogens (tertiary/aromatic N) is 2. The zero-order chi connectivity index (χ0) is 22.5. The molecule has 0 aliphatic carbocycles. The number of carbonyl (C=O) groups excluding carboxylic acids is 1. The predicted octanol–water partition coefficient (Wildman–Crippen LogP) is 3.65. The van der Waals surface area contributed by atoms with E-state index in [1.165, 1.54) is 12.3 Å². The van der Waals surface area contributed by atoms with Gasteiger partial charge in [-0.15, -0.1) is 0 Å². The summed E-state index contributed by atoms with van der Waals surface area (Å²) in [5.41, 5.74) is 8.55. The molecule has 1 saturated heterocycles. The molecule has 9 heteroatoms. The molecule has 0 bridgehead atoms. The first-order valence-electron chi connectivity index (χ1n) is 10.2. The summed E-state index contributed by atoms with van der Waals surface area (Å²) >= 11 is 0. The number of amides is 1. The number of hydrogen-bond donors (Lipinski definition) is 3. The molecule has 32 heavy (non-hydrogen) atoms. The Hall–Kier alpha value is -3.72. The lowest BCUT2D eigenvalue weighted by molar-refractivity contribution is 0.100. The number of pyridine rings is 1. The highest BCUT2D eigenvalue weighted by Gasteiger charge is 2.13. The van der Waals surface area contributed by atoms with Crippen LogP contribution in [0.2, 0.25) is 0 Å². The van der Waals surface area contributed by atoms with Crippen molar-refractivity contribution in [3.8, 4) is 0 Å². The molecule has 4 N–H and O–H groups in total. The van der Waals surface area contributed by atoms with Crippen molar-refractivity contribution in [3.05, 3.63) is 77.5 Å². The first-order chi connectivity index (χ1) is 15.5. The number of benzene rings is 2. The Balaban J connectivity index is 1.48. The zero-order valence-electron chi connectivity index (χ0n) is 17.3. The number of halogens is 2. The highest BCUT2D eigenvalue weighted by atomic mass is 19.2. The number of morpholine rings is 1. The molecule has 1 aliphatic rings. The molecule has 0 atom stereocenters. The summed E-state index contributed by atoms with van der Waals surface area (Å²) in [5, 5.41) is 6.25. The first-order valence-corrected chi connectivity index (χ1v) is 10.2. The van der Waals surface area contributed by atoms with Gasteiger partial charge in [0.2, 0.25) is 0 Å². The first kappa shape index (κ1) is 21.5. The highest BCUT2D eigenvalue weighted by molar-refractivity contribution is 5.98. The fourth-order valence-corrected chi connectivity index (χ4v) is 3.44. The van der Waals surface area contributed by atoms with Crippen LogP contribution in [0.4, 0.5) is 31.7 Å². The maximum Gasteiger partial charge on any atom is 0.252 e. The van der Waals surface area contributed by atoms with Crippen molar-refractivity contribution >= 4 is 28.8 Å². The van der Waals surface area contributed by atoms with Gasteiger partial charge in [0.25, 0.3) is 5.91 Å². The summed E-state index contributed by atoms with van der Waals surface area (Å²) in [5.74, 6) is -1.99. The highest BCUT2D eigenvalue weighted by Crippen LogP contribution is 2.24. The molecule has 2 heterocycles. The maximum atomic E-state index is 13.5. The van der Waals surface area contributed by atoms with Crippen LogP contribution in [0, 0.1) is 11.6 Å². The molecular weight excluding hydrogens is 416 g/mol. The average molecular weight is 439 g/mol. The minimum Gasteiger partial charge on any atom is -0.380 e. The summed E-state index contributed by atoms with van der Waals surface area (Å²) in [6.45, 7) is 3.33. The van der Waals surface area contributed by atoms with Gasteiger partial charge in [0, 0.05) is 43.3 Å². The second-order valence-corrected chi connectivity index (χ2v) is 7.35. The van der Waals surface area contributed by atoms with Crippen LogP contribution in [0.15, 0.2) is 54.7 Å². The van der Waals surface area contributed by atoms with E-state index in [9.17, 15) is 13.6 Å². The van der Waals surface area contributed by atoms with Gasteiger partial charge >= 0.3 is 0 Å². The number of carbonyl (C=O) groups is 1. The lowest BCUT2D eigenvalue weighted by atomic mass is 10.1. The number of nitrogens with one attached hydrogen (secondary N) is 2. The normalized spacial score (nSPS) is 13.6. The SMILES string of the molecule is NC(=O)c1cnc(Nc2ccc(N3CCOCC3)cc2)cc1NCc1ccc(F)c(F)c1. The van der Waals surface area contributed by atoms with E-state index in [1.807, 2.05) is 24.3 Å². The Morgan fingerprint density at radius 3 is 2.50 bits per heavy atom. The third-order valence-electron chi connectivity index (χ3n) is 5.15. The zero-order valence-corrected chi connectivity index (χ0v) is 17.3. The molecule has 1 aromatic heterocycles. The Kier molecular flexibility index (Phi) is 6.46. The predicted molar refractivity (Wildman–Crippen MR) is 119 cm³/mol. The van der Waals surface area contributed by atoms with Crippen LogP contribution in [0.3, 0.4) is 0 Å². The van der Waals surface area contributed by atoms with E-state index in [4.69, 9.17) is 10.5 Å². The monoisotopic (exact) mass is 439 g/mol. The van der Waals surface area contributed by atoms with Crippen LogP contribution >= 0.6 is 0 Å². The van der Waals surface area contributed by atoms with Crippen molar-refractivity contribution in [1.82, 2.24) is 4.98 Å². The standard InChI is InChI=1S/C23H23F2N5O2/c24-19-6-1-15(11-20(19)25)13-27-21-12-22(28-14-18(21)23(26)31)29-16-2-4-17(5-3-16)30-7-9-32-10-8-30/h1-6,11-12,14H,7-10,13H2,(H2,26,31)(H2,27,28,29). The summed E-state index contributed by atoms with van der Waals surface area (Å²) in [6, 6.07) is 13.2. The van der Waals surface area contributed by atoms with Crippen LogP contribution in [-0.2, 0) is 11.3 Å². The average Bonchev–Trinajstić information content (AvgIpc) is 2.81. The topological polar surface area (TPSA) is 92.5 Å². The number of anilines is 4. The van der Waals surface area contributed by atoms with Gasteiger partial charge in [0.15, 0.2) is 11.6 Å². The van der Waals surface area contributed by atoms with Crippen molar-refractivity contribution < 1.29 is 18.3 Å². The number of ether oxygens (including phenoxy) is 1. The fourth-order valence-electron chi connectivity index (χ4n) is 3.44. The van der Waals surface area contributed by atoms with Crippen LogP contribution in [0.25, 0.3) is 0 Å². The van der Waals surface area contributed by atoms with Crippen LogP contribution in [-0.4, -0.2) is 37.2 Å². The third-order valence-corrected chi connectivity index (χ3v) is 5.15. The van der Waals surface area contributed by atoms with Gasteiger partial charge in [-0.2, -0.15) is 0 Å². The smallest absolute Gasteiger partial charge is 0.252 e. The van der Waals surface area contributed by atoms with Gasteiger partial charge in [-0.25, -0.2) is 13.8 Å². The minimum absolute atomic E-state index is 0.176. The van der Waals surface area contributed by atoms with Gasteiger partial charge < -0.3 is 26.0 Å².